The zero-order valence-corrected chi connectivity index (χ0v) is 33.7. The van der Waals surface area contributed by atoms with Gasteiger partial charge in [0, 0.05) is 18.0 Å². The molecule has 4 rings (SSSR count). The maximum absolute atomic E-state index is 3.01. The Morgan fingerprint density at radius 1 is 0.688 bits per heavy atom. The second-order valence-corrected chi connectivity index (χ2v) is 17.7. The van der Waals surface area contributed by atoms with Crippen LogP contribution in [0.1, 0.15) is 217 Å². The van der Waals surface area contributed by atoms with E-state index in [2.05, 4.69) is 65.5 Å². The van der Waals surface area contributed by atoms with Gasteiger partial charge < -0.3 is 0 Å². The lowest BCUT2D eigenvalue weighted by molar-refractivity contribution is -0.119. The van der Waals surface area contributed by atoms with Crippen molar-refractivity contribution >= 4 is 0 Å². The fraction of sp³-hybridized carbons (Fsp3) is 0.872. The number of nitrogens with zero attached hydrogens (tertiary/aromatic N) is 1. The van der Waals surface area contributed by atoms with Crippen molar-refractivity contribution in [2.24, 2.45) is 23.2 Å². The molecule has 1 aliphatic heterocycles. The van der Waals surface area contributed by atoms with E-state index in [0.29, 0.717) is 16.9 Å². The van der Waals surface area contributed by atoms with Crippen molar-refractivity contribution < 1.29 is 0 Å². The van der Waals surface area contributed by atoms with Crippen molar-refractivity contribution in [2.45, 2.75) is 227 Å². The number of likely N-dealkylation sites (tertiary alicyclic amines) is 1. The Balaban J connectivity index is 1.34. The van der Waals surface area contributed by atoms with Gasteiger partial charge in [-0.05, 0) is 118 Å². The standard InChI is InChI=1S/C47H83N/c1-8-12-13-14-15-16-17-18-19-20-21-22-23-24-25-26-27-44-36-46(32-9-2)40(7)48(37-41-29-30-41)34-33-47(46,35-43(44)11-4)45-38(5)28-31-42(10-3)39(45)6/h28,31,40-41,43-44H,8-27,29-30,32-37H2,1-7H3/t40?,43?,44-,46+,47?/m0/s1. The summed E-state index contributed by atoms with van der Waals surface area (Å²) in [7, 11) is 0. The lowest BCUT2D eigenvalue weighted by Crippen LogP contribution is -2.66. The second-order valence-electron chi connectivity index (χ2n) is 17.7. The largest absolute Gasteiger partial charge is 0.300 e. The summed E-state index contributed by atoms with van der Waals surface area (Å²) in [6.07, 6.45) is 37.5. The first-order valence-electron chi connectivity index (χ1n) is 22.2. The molecule has 1 aromatic rings. The minimum Gasteiger partial charge on any atom is -0.300 e. The zero-order valence-electron chi connectivity index (χ0n) is 33.7. The van der Waals surface area contributed by atoms with Gasteiger partial charge in [0.05, 0.1) is 0 Å². The van der Waals surface area contributed by atoms with Gasteiger partial charge >= 0.3 is 0 Å². The SMILES string of the molecule is CCCCCCCCCCCCCCCCCC[C@H]1C[C@]2(CCC)C(C)N(CC3CC3)CCC2(c2c(C)ccc(CC)c2C)CC1CC. The fourth-order valence-electron chi connectivity index (χ4n) is 11.6. The molecule has 276 valence electrons. The van der Waals surface area contributed by atoms with Crippen LogP contribution < -0.4 is 0 Å². The van der Waals surface area contributed by atoms with Crippen LogP contribution in [-0.4, -0.2) is 24.0 Å². The fourth-order valence-corrected chi connectivity index (χ4v) is 11.6. The molecule has 0 amide bonds. The van der Waals surface area contributed by atoms with Crippen molar-refractivity contribution in [1.82, 2.24) is 4.90 Å². The minimum absolute atomic E-state index is 0.341. The number of rotatable bonds is 24. The second kappa shape index (κ2) is 20.3. The third kappa shape index (κ3) is 9.94. The van der Waals surface area contributed by atoms with E-state index < -0.39 is 0 Å². The summed E-state index contributed by atoms with van der Waals surface area (Å²) in [5, 5.41) is 0. The van der Waals surface area contributed by atoms with Crippen molar-refractivity contribution in [2.75, 3.05) is 13.1 Å². The highest BCUT2D eigenvalue weighted by Crippen LogP contribution is 2.66. The first-order chi connectivity index (χ1) is 23.4. The smallest absolute Gasteiger partial charge is 0.0132 e. The summed E-state index contributed by atoms with van der Waals surface area (Å²) in [6.45, 7) is 20.1. The highest BCUT2D eigenvalue weighted by molar-refractivity contribution is 5.48. The lowest BCUT2D eigenvalue weighted by atomic mass is 9.42. The summed E-state index contributed by atoms with van der Waals surface area (Å²) >= 11 is 0. The van der Waals surface area contributed by atoms with E-state index in [4.69, 9.17) is 0 Å². The molecule has 1 saturated heterocycles. The molecular formula is C47H83N. The average Bonchev–Trinajstić information content (AvgIpc) is 3.91. The van der Waals surface area contributed by atoms with Crippen LogP contribution in [-0.2, 0) is 11.8 Å². The predicted octanol–water partition coefficient (Wildman–Crippen LogP) is 14.5. The van der Waals surface area contributed by atoms with E-state index in [1.807, 2.05) is 5.56 Å². The molecule has 0 radical (unpaired) electrons. The van der Waals surface area contributed by atoms with Gasteiger partial charge in [0.2, 0.25) is 0 Å². The van der Waals surface area contributed by atoms with E-state index in [-0.39, 0.29) is 0 Å². The van der Waals surface area contributed by atoms with Gasteiger partial charge in [-0.25, -0.2) is 0 Å². The average molecular weight is 662 g/mol. The molecule has 1 aromatic carbocycles. The van der Waals surface area contributed by atoms with Crippen LogP contribution in [0.2, 0.25) is 0 Å². The number of hydrogen-bond donors (Lipinski definition) is 0. The number of benzene rings is 1. The van der Waals surface area contributed by atoms with E-state index >= 15 is 0 Å². The van der Waals surface area contributed by atoms with Crippen molar-refractivity contribution in [3.05, 3.63) is 34.4 Å². The highest BCUT2D eigenvalue weighted by Gasteiger charge is 2.62. The number of hydrogen-bond acceptors (Lipinski definition) is 1. The van der Waals surface area contributed by atoms with Gasteiger partial charge in [0.15, 0.2) is 0 Å². The van der Waals surface area contributed by atoms with Crippen LogP contribution in [0.4, 0.5) is 0 Å². The van der Waals surface area contributed by atoms with Crippen LogP contribution in [0.15, 0.2) is 12.1 Å². The van der Waals surface area contributed by atoms with Gasteiger partial charge in [0.25, 0.3) is 0 Å². The zero-order chi connectivity index (χ0) is 34.4. The van der Waals surface area contributed by atoms with Crippen molar-refractivity contribution in [3.63, 3.8) is 0 Å². The monoisotopic (exact) mass is 662 g/mol. The summed E-state index contributed by atoms with van der Waals surface area (Å²) in [4.78, 5) is 3.01. The molecule has 0 spiro atoms. The van der Waals surface area contributed by atoms with Crippen molar-refractivity contribution in [3.8, 4) is 0 Å². The summed E-state index contributed by atoms with van der Waals surface area (Å²) in [5.41, 5.74) is 7.42. The molecule has 3 fully saturated rings. The van der Waals surface area contributed by atoms with E-state index in [1.54, 1.807) is 16.7 Å². The molecule has 0 bridgehead atoms. The molecule has 0 N–H and O–H groups in total. The third-order valence-corrected chi connectivity index (χ3v) is 14.5. The molecule has 1 heteroatoms. The van der Waals surface area contributed by atoms with E-state index in [9.17, 15) is 0 Å². The minimum atomic E-state index is 0.341. The Bertz CT molecular complexity index is 1040. The molecule has 2 aliphatic carbocycles. The third-order valence-electron chi connectivity index (χ3n) is 14.5. The van der Waals surface area contributed by atoms with Crippen LogP contribution >= 0.6 is 0 Å². The normalized spacial score (nSPS) is 27.8. The summed E-state index contributed by atoms with van der Waals surface area (Å²) in [6, 6.07) is 5.66. The molecule has 5 atom stereocenters. The Morgan fingerprint density at radius 3 is 1.79 bits per heavy atom. The molecule has 3 unspecified atom stereocenters. The molecule has 0 aromatic heterocycles. The lowest BCUT2D eigenvalue weighted by Gasteiger charge is -2.67. The van der Waals surface area contributed by atoms with Crippen molar-refractivity contribution in [1.29, 1.82) is 0 Å². The van der Waals surface area contributed by atoms with Gasteiger partial charge in [-0.2, -0.15) is 0 Å². The molecule has 2 saturated carbocycles. The molecule has 48 heavy (non-hydrogen) atoms. The van der Waals surface area contributed by atoms with Crippen LogP contribution in [0.5, 0.6) is 0 Å². The summed E-state index contributed by atoms with van der Waals surface area (Å²) < 4.78 is 0. The molecule has 1 heterocycles. The number of piperidine rings is 1. The maximum Gasteiger partial charge on any atom is 0.0132 e. The van der Waals surface area contributed by atoms with Crippen LogP contribution in [0.3, 0.4) is 0 Å². The number of fused-ring (bicyclic) bond motifs is 1. The summed E-state index contributed by atoms with van der Waals surface area (Å²) in [5.74, 6) is 2.79. The highest BCUT2D eigenvalue weighted by atomic mass is 15.2. The topological polar surface area (TPSA) is 3.24 Å². The first-order valence-corrected chi connectivity index (χ1v) is 22.2. The first kappa shape index (κ1) is 40.0. The van der Waals surface area contributed by atoms with Gasteiger partial charge in [-0.15, -0.1) is 0 Å². The molecule has 3 aliphatic rings. The van der Waals surface area contributed by atoms with Crippen LogP contribution in [0.25, 0.3) is 0 Å². The predicted molar refractivity (Wildman–Crippen MR) is 213 cm³/mol. The maximum atomic E-state index is 3.01. The van der Waals surface area contributed by atoms with Gasteiger partial charge in [-0.1, -0.05) is 162 Å². The van der Waals surface area contributed by atoms with Crippen LogP contribution in [0, 0.1) is 37.0 Å². The van der Waals surface area contributed by atoms with Gasteiger partial charge in [0.1, 0.15) is 0 Å². The number of aryl methyl sites for hydroxylation is 2. The number of unbranched alkanes of at least 4 members (excludes halogenated alkanes) is 15. The molecular weight excluding hydrogens is 579 g/mol. The molecule has 1 nitrogen and oxygen atoms in total. The quantitative estimate of drug-likeness (QED) is 0.0997. The Hall–Kier alpha value is -0.820. The van der Waals surface area contributed by atoms with Gasteiger partial charge in [-0.3, -0.25) is 4.90 Å². The Labute approximate surface area is 301 Å². The Morgan fingerprint density at radius 2 is 1.27 bits per heavy atom. The van der Waals surface area contributed by atoms with E-state index in [0.717, 1.165) is 17.8 Å². The van der Waals surface area contributed by atoms with E-state index in [1.165, 1.54) is 180 Å². The Kier molecular flexibility index (Phi) is 16.9.